The quantitative estimate of drug-likeness (QED) is 0.506. The van der Waals surface area contributed by atoms with E-state index in [1.165, 1.54) is 0 Å². The van der Waals surface area contributed by atoms with Crippen LogP contribution in [0.4, 0.5) is 4.79 Å². The summed E-state index contributed by atoms with van der Waals surface area (Å²) in [6.07, 6.45) is -0.771. The fraction of sp³-hybridized carbons (Fsp3) is 0.333. The Balaban J connectivity index is 2.31. The van der Waals surface area contributed by atoms with E-state index in [9.17, 15) is 9.59 Å². The van der Waals surface area contributed by atoms with E-state index in [0.29, 0.717) is 0 Å². The van der Waals surface area contributed by atoms with E-state index >= 15 is 0 Å². The van der Waals surface area contributed by atoms with Crippen molar-refractivity contribution < 1.29 is 19.1 Å². The fourth-order valence-corrected chi connectivity index (χ4v) is 1.29. The number of hydrogen-bond donors (Lipinski definition) is 1. The van der Waals surface area contributed by atoms with Crippen molar-refractivity contribution in [3.05, 3.63) is 35.9 Å². The van der Waals surface area contributed by atoms with Gasteiger partial charge < -0.3 is 9.47 Å². The summed E-state index contributed by atoms with van der Waals surface area (Å²) >= 11 is 5.60. The van der Waals surface area contributed by atoms with E-state index < -0.39 is 17.6 Å². The van der Waals surface area contributed by atoms with E-state index in [4.69, 9.17) is 16.3 Å². The lowest BCUT2D eigenvalue weighted by Crippen LogP contribution is -2.38. The molecule has 0 radical (unpaired) electrons. The summed E-state index contributed by atoms with van der Waals surface area (Å²) in [5.41, 5.74) is -0.400. The monoisotopic (exact) mass is 271 g/mol. The van der Waals surface area contributed by atoms with Gasteiger partial charge in [-0.25, -0.2) is 9.59 Å². The smallest absolute Gasteiger partial charge is 0.409 e. The molecule has 1 unspecified atom stereocenters. The van der Waals surface area contributed by atoms with Gasteiger partial charge in [0.15, 0.2) is 0 Å². The van der Waals surface area contributed by atoms with Gasteiger partial charge in [0.25, 0.3) is 0 Å². The molecule has 5 nitrogen and oxygen atoms in total. The first-order valence-corrected chi connectivity index (χ1v) is 5.85. The Morgan fingerprint density at radius 2 is 1.94 bits per heavy atom. The van der Waals surface area contributed by atoms with Crippen molar-refractivity contribution in [3.63, 3.8) is 0 Å². The number of carbonyl (C=O) groups excluding carboxylic acids is 2. The van der Waals surface area contributed by atoms with Gasteiger partial charge in [-0.15, -0.1) is 0 Å². The van der Waals surface area contributed by atoms with Crippen molar-refractivity contribution in [3.8, 4) is 0 Å². The first kappa shape index (κ1) is 14.3. The molecule has 0 heterocycles. The third-order valence-corrected chi connectivity index (χ3v) is 2.24. The largest absolute Gasteiger partial charge is 0.464 e. The number of esters is 1. The second-order valence-electron chi connectivity index (χ2n) is 3.32. The van der Waals surface area contributed by atoms with E-state index in [1.807, 2.05) is 30.3 Å². The van der Waals surface area contributed by atoms with E-state index in [1.54, 1.807) is 6.92 Å². The lowest BCUT2D eigenvalue weighted by molar-refractivity contribution is -0.143. The van der Waals surface area contributed by atoms with Crippen molar-refractivity contribution in [2.75, 3.05) is 6.61 Å². The van der Waals surface area contributed by atoms with Crippen LogP contribution >= 0.6 is 11.6 Å². The lowest BCUT2D eigenvalue weighted by atomic mass is 10.2. The molecule has 98 valence electrons. The van der Waals surface area contributed by atoms with Gasteiger partial charge >= 0.3 is 12.1 Å². The fourth-order valence-electron chi connectivity index (χ4n) is 1.14. The average Bonchev–Trinajstić information content (AvgIpc) is 2.38. The van der Waals surface area contributed by atoms with Crippen molar-refractivity contribution in [1.82, 2.24) is 5.32 Å². The Labute approximate surface area is 110 Å². The molecule has 0 aromatic heterocycles. The molecule has 1 aromatic carbocycles. The molecule has 0 aliphatic heterocycles. The van der Waals surface area contributed by atoms with Gasteiger partial charge in [-0.3, -0.25) is 5.32 Å². The molecule has 0 aliphatic rings. The Hall–Kier alpha value is -1.75. The van der Waals surface area contributed by atoms with Crippen LogP contribution in [-0.2, 0) is 20.9 Å². The predicted octanol–water partition coefficient (Wildman–Crippen LogP) is 2.04. The highest BCUT2D eigenvalue weighted by Crippen LogP contribution is 2.02. The maximum Gasteiger partial charge on any atom is 0.409 e. The van der Waals surface area contributed by atoms with Crippen LogP contribution in [0.2, 0.25) is 0 Å². The molecular weight excluding hydrogens is 258 g/mol. The molecule has 0 bridgehead atoms. The number of benzene rings is 1. The van der Waals surface area contributed by atoms with Crippen LogP contribution in [-0.4, -0.2) is 24.2 Å². The number of halogens is 1. The molecule has 1 aromatic rings. The van der Waals surface area contributed by atoms with Gasteiger partial charge in [-0.05, 0) is 12.5 Å². The van der Waals surface area contributed by atoms with Crippen molar-refractivity contribution in [1.29, 1.82) is 0 Å². The lowest BCUT2D eigenvalue weighted by Gasteiger charge is -2.11. The molecule has 0 spiro atoms. The second kappa shape index (κ2) is 7.55. The zero-order valence-electron chi connectivity index (χ0n) is 9.89. The summed E-state index contributed by atoms with van der Waals surface area (Å²) in [4.78, 5) is 22.4. The summed E-state index contributed by atoms with van der Waals surface area (Å²) in [5, 5.41) is 2.16. The minimum Gasteiger partial charge on any atom is -0.464 e. The van der Waals surface area contributed by atoms with Crippen molar-refractivity contribution >= 4 is 23.7 Å². The first-order valence-electron chi connectivity index (χ1n) is 5.41. The standard InChI is InChI=1S/C12H14ClNO4/c1-2-17-11(15)10(13)14-12(16)18-8-9-6-4-3-5-7-9/h3-7,10H,2,8H2,1H3,(H,14,16). The van der Waals surface area contributed by atoms with Gasteiger partial charge in [-0.2, -0.15) is 0 Å². The SMILES string of the molecule is CCOC(=O)C(Cl)NC(=O)OCc1ccccc1. The van der Waals surface area contributed by atoms with E-state index in [2.05, 4.69) is 10.1 Å². The molecule has 0 fully saturated rings. The molecule has 0 aliphatic carbocycles. The van der Waals surface area contributed by atoms with Gasteiger partial charge in [0.2, 0.25) is 5.50 Å². The highest BCUT2D eigenvalue weighted by atomic mass is 35.5. The summed E-state index contributed by atoms with van der Waals surface area (Å²) in [6, 6.07) is 9.16. The Morgan fingerprint density at radius 1 is 1.28 bits per heavy atom. The van der Waals surface area contributed by atoms with Gasteiger partial charge in [0, 0.05) is 0 Å². The summed E-state index contributed by atoms with van der Waals surface area (Å²) in [6.45, 7) is 1.96. The zero-order valence-corrected chi connectivity index (χ0v) is 10.6. The molecular formula is C12H14ClNO4. The number of alkyl halides is 1. The number of ether oxygens (including phenoxy) is 2. The summed E-state index contributed by atoms with van der Waals surface area (Å²) < 4.78 is 9.51. The van der Waals surface area contributed by atoms with Crippen molar-refractivity contribution in [2.24, 2.45) is 0 Å². The maximum atomic E-state index is 11.3. The third-order valence-electron chi connectivity index (χ3n) is 1.95. The van der Waals surface area contributed by atoms with Crippen LogP contribution in [0.15, 0.2) is 30.3 Å². The molecule has 6 heteroatoms. The number of nitrogens with one attached hydrogen (secondary N) is 1. The number of hydrogen-bond acceptors (Lipinski definition) is 4. The number of amides is 1. The topological polar surface area (TPSA) is 64.6 Å². The molecule has 1 rings (SSSR count). The van der Waals surface area contributed by atoms with Crippen LogP contribution in [0, 0.1) is 0 Å². The number of rotatable bonds is 5. The third kappa shape index (κ3) is 5.05. The highest BCUT2D eigenvalue weighted by molar-refractivity contribution is 6.30. The van der Waals surface area contributed by atoms with Crippen LogP contribution in [0.5, 0.6) is 0 Å². The van der Waals surface area contributed by atoms with Gasteiger partial charge in [-0.1, -0.05) is 41.9 Å². The molecule has 18 heavy (non-hydrogen) atoms. The molecule has 1 atom stereocenters. The predicted molar refractivity (Wildman–Crippen MR) is 66.0 cm³/mol. The maximum absolute atomic E-state index is 11.3. The van der Waals surface area contributed by atoms with Crippen LogP contribution in [0.3, 0.4) is 0 Å². The highest BCUT2D eigenvalue weighted by Gasteiger charge is 2.19. The second-order valence-corrected chi connectivity index (χ2v) is 3.76. The number of alkyl carbamates (subject to hydrolysis) is 1. The Morgan fingerprint density at radius 3 is 2.56 bits per heavy atom. The molecule has 0 saturated carbocycles. The van der Waals surface area contributed by atoms with E-state index in [0.717, 1.165) is 5.56 Å². The van der Waals surface area contributed by atoms with Crippen molar-refractivity contribution in [2.45, 2.75) is 19.0 Å². The summed E-state index contributed by atoms with van der Waals surface area (Å²) in [5.74, 6) is -0.712. The molecule has 0 saturated heterocycles. The number of carbonyl (C=O) groups is 2. The Bertz CT molecular complexity index is 396. The minimum absolute atomic E-state index is 0.110. The average molecular weight is 272 g/mol. The Kier molecular flexibility index (Phi) is 6.00. The summed E-state index contributed by atoms with van der Waals surface area (Å²) in [7, 11) is 0. The zero-order chi connectivity index (χ0) is 13.4. The normalized spacial score (nSPS) is 11.4. The molecule has 1 amide bonds. The van der Waals surface area contributed by atoms with Crippen LogP contribution in [0.25, 0.3) is 0 Å². The van der Waals surface area contributed by atoms with Gasteiger partial charge in [0.05, 0.1) is 6.61 Å². The minimum atomic E-state index is -1.24. The van der Waals surface area contributed by atoms with Gasteiger partial charge in [0.1, 0.15) is 6.61 Å². The first-order chi connectivity index (χ1) is 8.63. The molecule has 1 N–H and O–H groups in total. The van der Waals surface area contributed by atoms with Crippen LogP contribution < -0.4 is 5.32 Å². The van der Waals surface area contributed by atoms with Crippen LogP contribution in [0.1, 0.15) is 12.5 Å². The van der Waals surface area contributed by atoms with E-state index in [-0.39, 0.29) is 13.2 Å².